The average Bonchev–Trinajstić information content (AvgIpc) is 3.05. The molecule has 0 aliphatic heterocycles. The van der Waals surface area contributed by atoms with Crippen molar-refractivity contribution in [3.63, 3.8) is 0 Å². The Balaban J connectivity index is 1.81. The molecule has 0 saturated heterocycles. The molecule has 260 valence electrons. The van der Waals surface area contributed by atoms with Crippen LogP contribution in [0.25, 0.3) is 0 Å². The van der Waals surface area contributed by atoms with E-state index in [1.165, 1.54) is 77.0 Å². The Morgan fingerprint density at radius 3 is 1.78 bits per heavy atom. The minimum Gasteiger partial charge on any atom is -0.445 e. The number of phosphoric acid groups is 1. The fourth-order valence-corrected chi connectivity index (χ4v) is 6.32. The molecular formula is C36H57BrNO7P. The van der Waals surface area contributed by atoms with Gasteiger partial charge in [-0.05, 0) is 17.5 Å². The van der Waals surface area contributed by atoms with E-state index in [1.807, 2.05) is 60.7 Å². The van der Waals surface area contributed by atoms with Gasteiger partial charge in [-0.15, -0.1) is 0 Å². The highest BCUT2D eigenvalue weighted by Gasteiger charge is 2.28. The molecule has 0 heterocycles. The molecule has 0 aliphatic carbocycles. The Bertz CT molecular complexity index is 1070. The van der Waals surface area contributed by atoms with Gasteiger partial charge in [-0.1, -0.05) is 167 Å². The van der Waals surface area contributed by atoms with Crippen molar-refractivity contribution >= 4 is 29.8 Å². The Labute approximate surface area is 286 Å². The first-order valence-corrected chi connectivity index (χ1v) is 19.6. The van der Waals surface area contributed by atoms with Crippen LogP contribution >= 0.6 is 23.8 Å². The van der Waals surface area contributed by atoms with Crippen LogP contribution in [-0.4, -0.2) is 52.0 Å². The summed E-state index contributed by atoms with van der Waals surface area (Å²) in [6.45, 7) is 3.64. The summed E-state index contributed by atoms with van der Waals surface area (Å²) in [5, 5.41) is 0. The van der Waals surface area contributed by atoms with E-state index >= 15 is 0 Å². The molecule has 10 heteroatoms. The summed E-state index contributed by atoms with van der Waals surface area (Å²) < 4.78 is 27.9. The fraction of sp³-hybridized carbons (Fsp3) is 0.639. The number of halogens is 1. The van der Waals surface area contributed by atoms with Crippen LogP contribution in [0.4, 0.5) is 4.79 Å². The number of carbonyl (C=O) groups is 1. The normalized spacial score (nSPS) is 13.0. The van der Waals surface area contributed by atoms with Gasteiger partial charge in [0.05, 0.1) is 13.2 Å². The number of unbranched alkanes of at least 4 members (excludes halogenated alkanes) is 13. The highest BCUT2D eigenvalue weighted by molar-refractivity contribution is 9.09. The topological polar surface area (TPSA) is 106 Å². The van der Waals surface area contributed by atoms with Crippen LogP contribution < -0.4 is 0 Å². The largest absolute Gasteiger partial charge is 0.469 e. The molecule has 2 N–H and O–H groups in total. The SMILES string of the molecule is CCCCCCCCCCCCCCCCOCC(CN(Cc1ccccc1)C(=O)OCc1ccccc1)C(Br)COP(=O)(O)O. The lowest BCUT2D eigenvalue weighted by atomic mass is 10.0. The summed E-state index contributed by atoms with van der Waals surface area (Å²) in [5.41, 5.74) is 1.83. The number of nitrogens with zero attached hydrogens (tertiary/aromatic N) is 1. The van der Waals surface area contributed by atoms with Crippen molar-refractivity contribution in [1.29, 1.82) is 0 Å². The van der Waals surface area contributed by atoms with Crippen LogP contribution in [0.3, 0.4) is 0 Å². The first kappa shape index (κ1) is 40.4. The number of carbonyl (C=O) groups excluding carboxylic acids is 1. The standard InChI is InChI=1S/C36H57BrNO7P/c1-2-3-4-5-6-7-8-9-10-11-12-13-14-21-26-43-30-34(35(37)31-45-46(40,41)42)28-38(27-32-22-17-15-18-23-32)36(39)44-29-33-24-19-16-20-25-33/h15-20,22-25,34-35H,2-14,21,26-31H2,1H3,(H2,40,41,42). The van der Waals surface area contributed by atoms with Crippen LogP contribution in [-0.2, 0) is 31.7 Å². The molecule has 2 atom stereocenters. The third kappa shape index (κ3) is 20.5. The van der Waals surface area contributed by atoms with Crippen molar-refractivity contribution < 1.29 is 33.1 Å². The minimum atomic E-state index is -4.65. The molecule has 46 heavy (non-hydrogen) atoms. The summed E-state index contributed by atoms with van der Waals surface area (Å²) in [4.78, 5) is 33.0. The number of amides is 1. The molecule has 0 bridgehead atoms. The van der Waals surface area contributed by atoms with E-state index in [0.29, 0.717) is 19.8 Å². The van der Waals surface area contributed by atoms with Crippen molar-refractivity contribution in [2.45, 2.75) is 115 Å². The number of hydrogen-bond acceptors (Lipinski definition) is 5. The molecule has 2 rings (SSSR count). The molecule has 1 amide bonds. The van der Waals surface area contributed by atoms with Gasteiger partial charge >= 0.3 is 13.9 Å². The zero-order chi connectivity index (χ0) is 33.3. The molecule has 0 aliphatic rings. The quantitative estimate of drug-likeness (QED) is 0.0537. The monoisotopic (exact) mass is 725 g/mol. The van der Waals surface area contributed by atoms with Crippen LogP contribution in [0.2, 0.25) is 0 Å². The number of phosphoric ester groups is 1. The summed E-state index contributed by atoms with van der Waals surface area (Å²) in [6.07, 6.45) is 17.6. The fourth-order valence-electron chi connectivity index (χ4n) is 5.31. The Kier molecular flexibility index (Phi) is 22.2. The molecule has 8 nitrogen and oxygen atoms in total. The first-order chi connectivity index (χ1) is 22.3. The van der Waals surface area contributed by atoms with Crippen LogP contribution in [0.1, 0.15) is 108 Å². The second-order valence-corrected chi connectivity index (χ2v) is 14.6. The maximum atomic E-state index is 13.3. The number of ether oxygens (including phenoxy) is 2. The summed E-state index contributed by atoms with van der Waals surface area (Å²) in [7, 11) is -4.65. The van der Waals surface area contributed by atoms with Gasteiger partial charge in [0.15, 0.2) is 0 Å². The molecule has 0 aromatic heterocycles. The maximum Gasteiger partial charge on any atom is 0.469 e. The van der Waals surface area contributed by atoms with Crippen LogP contribution in [0.5, 0.6) is 0 Å². The van der Waals surface area contributed by atoms with Gasteiger partial charge in [-0.25, -0.2) is 9.36 Å². The zero-order valence-corrected chi connectivity index (χ0v) is 30.3. The molecule has 2 unspecified atom stereocenters. The summed E-state index contributed by atoms with van der Waals surface area (Å²) >= 11 is 3.56. The Morgan fingerprint density at radius 1 is 0.761 bits per heavy atom. The van der Waals surface area contributed by atoms with Gasteiger partial charge in [-0.3, -0.25) is 4.52 Å². The van der Waals surface area contributed by atoms with E-state index in [2.05, 4.69) is 22.9 Å². The number of hydrogen-bond donors (Lipinski definition) is 2. The molecule has 2 aromatic carbocycles. The highest BCUT2D eigenvalue weighted by atomic mass is 79.9. The summed E-state index contributed by atoms with van der Waals surface area (Å²) in [5.74, 6) is -0.300. The van der Waals surface area contributed by atoms with E-state index in [9.17, 15) is 19.1 Å². The lowest BCUT2D eigenvalue weighted by Gasteiger charge is -2.30. The van der Waals surface area contributed by atoms with Gasteiger partial charge in [0.1, 0.15) is 6.61 Å². The second kappa shape index (κ2) is 25.3. The van der Waals surface area contributed by atoms with Gasteiger partial charge < -0.3 is 24.2 Å². The van der Waals surface area contributed by atoms with Crippen molar-refractivity contribution in [1.82, 2.24) is 4.90 Å². The number of alkyl halides is 1. The van der Waals surface area contributed by atoms with E-state index in [-0.39, 0.29) is 25.7 Å². The molecular weight excluding hydrogens is 669 g/mol. The molecule has 0 radical (unpaired) electrons. The molecule has 0 saturated carbocycles. The Hall–Kier alpha value is -1.74. The van der Waals surface area contributed by atoms with E-state index < -0.39 is 18.7 Å². The smallest absolute Gasteiger partial charge is 0.445 e. The third-order valence-electron chi connectivity index (χ3n) is 8.02. The van der Waals surface area contributed by atoms with E-state index in [0.717, 1.165) is 24.0 Å². The highest BCUT2D eigenvalue weighted by Crippen LogP contribution is 2.37. The predicted octanol–water partition coefficient (Wildman–Crippen LogP) is 9.81. The van der Waals surface area contributed by atoms with Gasteiger partial charge in [-0.2, -0.15) is 0 Å². The van der Waals surface area contributed by atoms with Gasteiger partial charge in [0.25, 0.3) is 0 Å². The van der Waals surface area contributed by atoms with Crippen molar-refractivity contribution in [3.8, 4) is 0 Å². The molecule has 0 spiro atoms. The first-order valence-electron chi connectivity index (χ1n) is 17.2. The van der Waals surface area contributed by atoms with Gasteiger partial charge in [0, 0.05) is 30.4 Å². The predicted molar refractivity (Wildman–Crippen MR) is 189 cm³/mol. The lowest BCUT2D eigenvalue weighted by Crippen LogP contribution is -2.40. The minimum absolute atomic E-state index is 0.143. The molecule has 2 aromatic rings. The van der Waals surface area contributed by atoms with Crippen molar-refractivity contribution in [2.24, 2.45) is 5.92 Å². The number of rotatable bonds is 27. The van der Waals surface area contributed by atoms with Crippen molar-refractivity contribution in [3.05, 3.63) is 71.8 Å². The zero-order valence-electron chi connectivity index (χ0n) is 27.8. The van der Waals surface area contributed by atoms with Crippen molar-refractivity contribution in [2.75, 3.05) is 26.4 Å². The van der Waals surface area contributed by atoms with Gasteiger partial charge in [0.2, 0.25) is 0 Å². The van der Waals surface area contributed by atoms with E-state index in [4.69, 9.17) is 14.0 Å². The molecule has 0 fully saturated rings. The number of benzene rings is 2. The summed E-state index contributed by atoms with van der Waals surface area (Å²) in [6, 6.07) is 19.1. The third-order valence-corrected chi connectivity index (χ3v) is 9.52. The second-order valence-electron chi connectivity index (χ2n) is 12.1. The average molecular weight is 727 g/mol. The van der Waals surface area contributed by atoms with Crippen LogP contribution in [0.15, 0.2) is 60.7 Å². The van der Waals surface area contributed by atoms with E-state index in [1.54, 1.807) is 4.90 Å². The van der Waals surface area contributed by atoms with Crippen LogP contribution in [0, 0.1) is 5.92 Å². The lowest BCUT2D eigenvalue weighted by molar-refractivity contribution is 0.0551. The maximum absolute atomic E-state index is 13.3. The Morgan fingerprint density at radius 2 is 1.26 bits per heavy atom.